The summed E-state index contributed by atoms with van der Waals surface area (Å²) in [5, 5.41) is 0.527. The van der Waals surface area contributed by atoms with E-state index in [9.17, 15) is 22.8 Å². The minimum Gasteiger partial charge on any atom is -0.442 e. The largest absolute Gasteiger partial charge is 0.443 e. The summed E-state index contributed by atoms with van der Waals surface area (Å²) >= 11 is -0.512. The van der Waals surface area contributed by atoms with Gasteiger partial charge >= 0.3 is 17.6 Å². The molecule has 0 unspecified atom stereocenters. The summed E-state index contributed by atoms with van der Waals surface area (Å²) < 4.78 is 42.1. The van der Waals surface area contributed by atoms with Crippen LogP contribution in [0.3, 0.4) is 0 Å². The molecule has 132 valence electrons. The molecule has 9 heteroatoms. The Hall–Kier alpha value is -1.90. The van der Waals surface area contributed by atoms with E-state index in [4.69, 9.17) is 9.57 Å². The summed E-state index contributed by atoms with van der Waals surface area (Å²) in [5.41, 5.74) is -5.47. The Balaban J connectivity index is 2.35. The normalized spacial score (nSPS) is 21.6. The second-order valence-corrected chi connectivity index (χ2v) is 7.50. The van der Waals surface area contributed by atoms with Crippen LogP contribution in [0, 0.1) is 0 Å². The van der Waals surface area contributed by atoms with E-state index in [1.165, 1.54) is 24.3 Å². The highest BCUT2D eigenvalue weighted by Gasteiger charge is 2.58. The summed E-state index contributed by atoms with van der Waals surface area (Å²) in [5.74, 6) is -1.16. The van der Waals surface area contributed by atoms with Crippen LogP contribution in [0.5, 0.6) is 0 Å². The van der Waals surface area contributed by atoms with Crippen LogP contribution in [0.1, 0.15) is 26.3 Å². The molecule has 0 aliphatic carbocycles. The first-order valence-electron chi connectivity index (χ1n) is 6.98. The van der Waals surface area contributed by atoms with Gasteiger partial charge in [0.25, 0.3) is 0 Å². The average molecular weight is 363 g/mol. The Kier molecular flexibility index (Phi) is 4.76. The lowest BCUT2D eigenvalue weighted by Crippen LogP contribution is -2.38. The van der Waals surface area contributed by atoms with Crippen LogP contribution in [0.4, 0.5) is 18.0 Å². The third-order valence-electron chi connectivity index (χ3n) is 3.02. The zero-order valence-electron chi connectivity index (χ0n) is 13.2. The number of hydroxylamine groups is 2. The number of alkyl halides is 3. The minimum absolute atomic E-state index is 0.100. The Morgan fingerprint density at radius 2 is 1.83 bits per heavy atom. The quantitative estimate of drug-likeness (QED) is 0.799. The maximum Gasteiger partial charge on any atom is 0.443 e. The van der Waals surface area contributed by atoms with Gasteiger partial charge in [-0.25, -0.2) is 9.59 Å². The summed E-state index contributed by atoms with van der Waals surface area (Å²) in [6, 6.07) is 7.41. The lowest BCUT2D eigenvalue weighted by atomic mass is 9.99. The number of rotatable bonds is 2. The van der Waals surface area contributed by atoms with Gasteiger partial charge in [0.05, 0.1) is 6.54 Å². The highest BCUT2D eigenvalue weighted by molar-refractivity contribution is 8.01. The van der Waals surface area contributed by atoms with Crippen molar-refractivity contribution in [2.45, 2.75) is 36.6 Å². The molecule has 1 aromatic carbocycles. The van der Waals surface area contributed by atoms with Crippen molar-refractivity contribution in [1.29, 1.82) is 0 Å². The molecule has 5 nitrogen and oxygen atoms in total. The molecule has 1 heterocycles. The van der Waals surface area contributed by atoms with Crippen LogP contribution >= 0.6 is 11.8 Å². The summed E-state index contributed by atoms with van der Waals surface area (Å²) in [7, 11) is 0. The molecule has 24 heavy (non-hydrogen) atoms. The van der Waals surface area contributed by atoms with Crippen molar-refractivity contribution >= 4 is 23.8 Å². The SMILES string of the molecule is CC(C)(C)OC(=O)N1C[C@@](SC(F)(F)F)(c2ccccc2)C(=O)O1. The highest BCUT2D eigenvalue weighted by Crippen LogP contribution is 2.50. The molecule has 1 aliphatic heterocycles. The zero-order valence-corrected chi connectivity index (χ0v) is 14.0. The smallest absolute Gasteiger partial charge is 0.442 e. The van der Waals surface area contributed by atoms with Crippen molar-refractivity contribution in [3.63, 3.8) is 0 Å². The maximum absolute atomic E-state index is 13.0. The molecule has 1 aliphatic rings. The highest BCUT2D eigenvalue weighted by atomic mass is 32.2. The van der Waals surface area contributed by atoms with Crippen molar-refractivity contribution in [3.05, 3.63) is 35.9 Å². The summed E-state index contributed by atoms with van der Waals surface area (Å²) in [6.07, 6.45) is -1.02. The first-order chi connectivity index (χ1) is 10.9. The van der Waals surface area contributed by atoms with Gasteiger partial charge < -0.3 is 9.57 Å². The van der Waals surface area contributed by atoms with E-state index < -0.39 is 46.2 Å². The third kappa shape index (κ3) is 4.14. The Morgan fingerprint density at radius 3 is 2.33 bits per heavy atom. The standard InChI is InChI=1S/C15H16F3NO4S/c1-13(2,3)22-12(21)19-9-14(11(20)23-19,24-15(16,17)18)10-7-5-4-6-8-10/h4-8H,9H2,1-3H3/t14-/m1/s1. The Bertz CT molecular complexity index is 630. The number of hydrogen-bond donors (Lipinski definition) is 0. The molecule has 0 aromatic heterocycles. The van der Waals surface area contributed by atoms with E-state index in [2.05, 4.69) is 0 Å². The lowest BCUT2D eigenvalue weighted by molar-refractivity contribution is -0.167. The molecule has 0 bridgehead atoms. The van der Waals surface area contributed by atoms with E-state index in [0.717, 1.165) is 0 Å². The van der Waals surface area contributed by atoms with Crippen LogP contribution in [-0.4, -0.2) is 34.8 Å². The predicted octanol–water partition coefficient (Wildman–Crippen LogP) is 3.84. The molecular weight excluding hydrogens is 347 g/mol. The molecule has 1 saturated heterocycles. The molecule has 0 spiro atoms. The minimum atomic E-state index is -4.70. The zero-order chi connectivity index (χ0) is 18.2. The van der Waals surface area contributed by atoms with Crippen LogP contribution < -0.4 is 0 Å². The Morgan fingerprint density at radius 1 is 1.25 bits per heavy atom. The van der Waals surface area contributed by atoms with Gasteiger partial charge in [-0.2, -0.15) is 13.2 Å². The van der Waals surface area contributed by atoms with Gasteiger partial charge in [-0.15, -0.1) is 5.06 Å². The summed E-state index contributed by atoms with van der Waals surface area (Å²) in [6.45, 7) is 4.18. The van der Waals surface area contributed by atoms with E-state index >= 15 is 0 Å². The van der Waals surface area contributed by atoms with E-state index in [-0.39, 0.29) is 5.56 Å². The first kappa shape index (κ1) is 18.4. The lowest BCUT2D eigenvalue weighted by Gasteiger charge is -2.25. The molecule has 1 atom stereocenters. The van der Waals surface area contributed by atoms with E-state index in [1.54, 1.807) is 26.8 Å². The van der Waals surface area contributed by atoms with Crippen LogP contribution in [0.25, 0.3) is 0 Å². The molecule has 0 saturated carbocycles. The van der Waals surface area contributed by atoms with Gasteiger partial charge in [-0.3, -0.25) is 0 Å². The summed E-state index contributed by atoms with van der Waals surface area (Å²) in [4.78, 5) is 29.1. The number of thioether (sulfide) groups is 1. The number of ether oxygens (including phenoxy) is 1. The topological polar surface area (TPSA) is 55.8 Å². The fourth-order valence-electron chi connectivity index (χ4n) is 2.13. The molecule has 0 radical (unpaired) electrons. The van der Waals surface area contributed by atoms with Gasteiger partial charge in [0, 0.05) is 0 Å². The van der Waals surface area contributed by atoms with E-state index in [1.807, 2.05) is 0 Å². The second-order valence-electron chi connectivity index (χ2n) is 6.14. The number of carbonyl (C=O) groups is 2. The number of nitrogens with zero attached hydrogens (tertiary/aromatic N) is 1. The monoisotopic (exact) mass is 363 g/mol. The van der Waals surface area contributed by atoms with Crippen molar-refractivity contribution in [1.82, 2.24) is 5.06 Å². The fraction of sp³-hybridized carbons (Fsp3) is 0.467. The van der Waals surface area contributed by atoms with Crippen LogP contribution in [0.15, 0.2) is 30.3 Å². The number of halogens is 3. The third-order valence-corrected chi connectivity index (χ3v) is 4.13. The van der Waals surface area contributed by atoms with Gasteiger partial charge in [0.2, 0.25) is 0 Å². The molecule has 2 rings (SSSR count). The van der Waals surface area contributed by atoms with Crippen molar-refractivity contribution in [3.8, 4) is 0 Å². The Labute approximate surface area is 141 Å². The fourth-order valence-corrected chi connectivity index (χ4v) is 3.09. The van der Waals surface area contributed by atoms with E-state index in [0.29, 0.717) is 5.06 Å². The van der Waals surface area contributed by atoms with Crippen molar-refractivity contribution in [2.75, 3.05) is 6.54 Å². The van der Waals surface area contributed by atoms with Gasteiger partial charge in [-0.05, 0) is 38.1 Å². The number of amides is 1. The van der Waals surface area contributed by atoms with Gasteiger partial charge in [0.15, 0.2) is 4.75 Å². The van der Waals surface area contributed by atoms with Gasteiger partial charge in [0.1, 0.15) is 5.60 Å². The van der Waals surface area contributed by atoms with Crippen LogP contribution in [-0.2, 0) is 19.1 Å². The first-order valence-corrected chi connectivity index (χ1v) is 7.80. The molecule has 1 fully saturated rings. The van der Waals surface area contributed by atoms with Crippen LogP contribution in [0.2, 0.25) is 0 Å². The molecule has 0 N–H and O–H groups in total. The second kappa shape index (κ2) is 6.19. The van der Waals surface area contributed by atoms with Crippen molar-refractivity contribution in [2.24, 2.45) is 0 Å². The molecular formula is C15H16F3NO4S. The number of carbonyl (C=O) groups excluding carboxylic acids is 2. The average Bonchev–Trinajstić information content (AvgIpc) is 2.74. The number of benzene rings is 1. The van der Waals surface area contributed by atoms with Crippen molar-refractivity contribution < 1.29 is 32.3 Å². The predicted molar refractivity (Wildman–Crippen MR) is 80.8 cm³/mol. The molecule has 1 aromatic rings. The number of hydrogen-bond acceptors (Lipinski definition) is 5. The molecule has 1 amide bonds. The van der Waals surface area contributed by atoms with Gasteiger partial charge in [-0.1, -0.05) is 30.3 Å². The maximum atomic E-state index is 13.0.